The van der Waals surface area contributed by atoms with Gasteiger partial charge in [0.2, 0.25) is 0 Å². The summed E-state index contributed by atoms with van der Waals surface area (Å²) in [5, 5.41) is 23.3. The highest BCUT2D eigenvalue weighted by atomic mass is 14.7. The fraction of sp³-hybridized carbons (Fsp3) is 0. The lowest BCUT2D eigenvalue weighted by Crippen LogP contribution is -1.91. The maximum Gasteiger partial charge on any atom is 0.0702 e. The van der Waals surface area contributed by atoms with Crippen molar-refractivity contribution >= 4 is 97.0 Å². The van der Waals surface area contributed by atoms with Crippen molar-refractivity contribution in [3.8, 4) is 44.8 Å². The Hall–Kier alpha value is -7.94. The van der Waals surface area contributed by atoms with Crippen molar-refractivity contribution < 1.29 is 0 Å². The maximum absolute atomic E-state index is 4.81. The van der Waals surface area contributed by atoms with Gasteiger partial charge in [-0.15, -0.1) is 0 Å². The van der Waals surface area contributed by atoms with Crippen LogP contribution in [0.5, 0.6) is 0 Å². The van der Waals surface area contributed by atoms with Crippen LogP contribution in [0, 0.1) is 0 Å². The Morgan fingerprint density at radius 3 is 1.33 bits per heavy atom. The molecule has 0 radical (unpaired) electrons. The van der Waals surface area contributed by atoms with E-state index in [0.717, 1.165) is 22.5 Å². The summed E-state index contributed by atoms with van der Waals surface area (Å²) in [6.07, 6.45) is 3.77. The maximum atomic E-state index is 4.81. The molecule has 14 aromatic rings. The number of nitrogens with zero attached hydrogens (tertiary/aromatic N) is 2. The van der Waals surface area contributed by atoms with Crippen molar-refractivity contribution in [1.29, 1.82) is 0 Å². The van der Waals surface area contributed by atoms with Gasteiger partial charge >= 0.3 is 0 Å². The van der Waals surface area contributed by atoms with E-state index in [9.17, 15) is 0 Å². The number of hydrogen-bond donors (Lipinski definition) is 0. The topological polar surface area (TPSA) is 25.8 Å². The molecule has 0 aliphatic rings. The number of rotatable bonds is 4. The van der Waals surface area contributed by atoms with Gasteiger partial charge in [-0.1, -0.05) is 127 Å². The molecule has 14 rings (SSSR count). The van der Waals surface area contributed by atoms with E-state index in [1.807, 2.05) is 24.5 Å². The highest BCUT2D eigenvalue weighted by Gasteiger charge is 2.27. The van der Waals surface area contributed by atoms with Crippen LogP contribution >= 0.6 is 0 Å². The molecule has 0 bridgehead atoms. The van der Waals surface area contributed by atoms with Gasteiger partial charge in [0.05, 0.1) is 11.4 Å². The highest BCUT2D eigenvalue weighted by molar-refractivity contribution is 6.46. The van der Waals surface area contributed by atoms with Crippen LogP contribution in [0.1, 0.15) is 0 Å². The Morgan fingerprint density at radius 1 is 0.233 bits per heavy atom. The molecule has 60 heavy (non-hydrogen) atoms. The van der Waals surface area contributed by atoms with Gasteiger partial charge in [0.15, 0.2) is 0 Å². The number of pyridine rings is 2. The number of fused-ring (bicyclic) bond motifs is 7. The molecule has 0 unspecified atom stereocenters. The zero-order valence-corrected chi connectivity index (χ0v) is 32.4. The first kappa shape index (κ1) is 32.1. The van der Waals surface area contributed by atoms with E-state index >= 15 is 0 Å². The molecule has 0 atom stereocenters. The second-order valence-electron chi connectivity index (χ2n) is 16.4. The largest absolute Gasteiger partial charge is 0.256 e. The first-order valence-electron chi connectivity index (χ1n) is 20.7. The Labute approximate surface area is 344 Å². The zero-order chi connectivity index (χ0) is 39.1. The summed E-state index contributed by atoms with van der Waals surface area (Å²) >= 11 is 0. The molecule has 0 aliphatic heterocycles. The average molecular weight is 757 g/mol. The molecule has 0 N–H and O–H groups in total. The Morgan fingerprint density at radius 2 is 0.733 bits per heavy atom. The minimum Gasteiger partial charge on any atom is -0.256 e. The molecule has 274 valence electrons. The van der Waals surface area contributed by atoms with Crippen LogP contribution in [-0.2, 0) is 0 Å². The van der Waals surface area contributed by atoms with Gasteiger partial charge in [0.25, 0.3) is 0 Å². The van der Waals surface area contributed by atoms with Crippen molar-refractivity contribution in [2.75, 3.05) is 0 Å². The lowest BCUT2D eigenvalue weighted by atomic mass is 9.84. The van der Waals surface area contributed by atoms with E-state index < -0.39 is 0 Å². The highest BCUT2D eigenvalue weighted by Crippen LogP contribution is 2.55. The normalized spacial score (nSPS) is 12.3. The molecule has 0 spiro atoms. The third kappa shape index (κ3) is 4.27. The standard InChI is InChI=1S/C58H32N2/c1-3-26-59-49(20-1)36-13-6-15-38(28-36)53-46-31-44-41-18-8-11-33-12-9-19-42(52(33)41)45(44)32-47(46)54(39-16-7-14-37(29-39)50-21-2-4-27-60-50)58-48-30-40-17-5-10-34-22-23-35-24-25-43(57(53)58)56(48)55(35)51(34)40/h1-32H. The van der Waals surface area contributed by atoms with E-state index in [1.54, 1.807) is 0 Å². The lowest BCUT2D eigenvalue weighted by molar-refractivity contribution is 1.33. The van der Waals surface area contributed by atoms with Crippen molar-refractivity contribution in [3.05, 3.63) is 194 Å². The van der Waals surface area contributed by atoms with E-state index in [4.69, 9.17) is 9.97 Å². The molecular formula is C58H32N2. The fourth-order valence-corrected chi connectivity index (χ4v) is 10.9. The van der Waals surface area contributed by atoms with Crippen LogP contribution in [0.2, 0.25) is 0 Å². The molecule has 0 fully saturated rings. The van der Waals surface area contributed by atoms with E-state index in [0.29, 0.717) is 0 Å². The minimum atomic E-state index is 0.966. The number of hydrogen-bond acceptors (Lipinski definition) is 2. The number of benzene rings is 10. The third-order valence-corrected chi connectivity index (χ3v) is 13.3. The second kappa shape index (κ2) is 11.8. The molecule has 0 saturated heterocycles. The average Bonchev–Trinajstić information content (AvgIpc) is 3.81. The van der Waals surface area contributed by atoms with E-state index in [1.165, 1.54) is 119 Å². The summed E-state index contributed by atoms with van der Waals surface area (Å²) in [6, 6.07) is 67.6. The quantitative estimate of drug-likeness (QED) is 0.167. The first-order chi connectivity index (χ1) is 29.8. The van der Waals surface area contributed by atoms with Crippen LogP contribution in [0.3, 0.4) is 0 Å². The van der Waals surface area contributed by atoms with Gasteiger partial charge in [-0.05, 0) is 174 Å². The smallest absolute Gasteiger partial charge is 0.0702 e. The van der Waals surface area contributed by atoms with Crippen LogP contribution in [-0.4, -0.2) is 9.97 Å². The Balaban J connectivity index is 1.26. The van der Waals surface area contributed by atoms with Gasteiger partial charge in [0, 0.05) is 23.5 Å². The van der Waals surface area contributed by atoms with E-state index in [2.05, 4.69) is 170 Å². The third-order valence-electron chi connectivity index (χ3n) is 13.3. The fourth-order valence-electron chi connectivity index (χ4n) is 10.9. The van der Waals surface area contributed by atoms with Crippen LogP contribution in [0.15, 0.2) is 194 Å². The lowest BCUT2D eigenvalue weighted by Gasteiger charge is -2.18. The zero-order valence-electron chi connectivity index (χ0n) is 32.4. The summed E-state index contributed by atoms with van der Waals surface area (Å²) < 4.78 is 0. The minimum absolute atomic E-state index is 0.966. The van der Waals surface area contributed by atoms with Gasteiger partial charge < -0.3 is 0 Å². The molecule has 2 aromatic heterocycles. The SMILES string of the molecule is c1ccc(-c2cccc(-c3c4cc5c(cc4c(-c4cccc(-c6ccccn6)c4)c4c6cc7cccc8ccc9ccc(c34)c6c9c87)c3cccc4cccc5c43)c2)nc1. The molecule has 0 amide bonds. The Kier molecular flexibility index (Phi) is 6.32. The summed E-state index contributed by atoms with van der Waals surface area (Å²) in [5.41, 5.74) is 9.03. The molecule has 2 heteroatoms. The van der Waals surface area contributed by atoms with Crippen LogP contribution < -0.4 is 0 Å². The van der Waals surface area contributed by atoms with Crippen LogP contribution in [0.4, 0.5) is 0 Å². The Bertz CT molecular complexity index is 4030. The van der Waals surface area contributed by atoms with Gasteiger partial charge in [0.1, 0.15) is 0 Å². The van der Waals surface area contributed by atoms with Gasteiger partial charge in [-0.25, -0.2) is 0 Å². The van der Waals surface area contributed by atoms with E-state index in [-0.39, 0.29) is 0 Å². The predicted molar refractivity (Wildman–Crippen MR) is 255 cm³/mol. The summed E-state index contributed by atoms with van der Waals surface area (Å²) in [6.45, 7) is 0. The number of aromatic nitrogens is 2. The van der Waals surface area contributed by atoms with Crippen molar-refractivity contribution in [1.82, 2.24) is 9.97 Å². The summed E-state index contributed by atoms with van der Waals surface area (Å²) in [4.78, 5) is 9.61. The summed E-state index contributed by atoms with van der Waals surface area (Å²) in [7, 11) is 0. The van der Waals surface area contributed by atoms with Crippen molar-refractivity contribution in [2.24, 2.45) is 0 Å². The monoisotopic (exact) mass is 756 g/mol. The molecule has 0 saturated carbocycles. The second-order valence-corrected chi connectivity index (χ2v) is 16.4. The molecule has 0 aliphatic carbocycles. The summed E-state index contributed by atoms with van der Waals surface area (Å²) in [5.74, 6) is 0. The van der Waals surface area contributed by atoms with Gasteiger partial charge in [-0.2, -0.15) is 0 Å². The van der Waals surface area contributed by atoms with Gasteiger partial charge in [-0.3, -0.25) is 9.97 Å². The van der Waals surface area contributed by atoms with Crippen molar-refractivity contribution in [3.63, 3.8) is 0 Å². The predicted octanol–water partition coefficient (Wildman–Crippen LogP) is 15.8. The first-order valence-corrected chi connectivity index (χ1v) is 20.7. The molecule has 12 aromatic carbocycles. The molecule has 2 nitrogen and oxygen atoms in total. The van der Waals surface area contributed by atoms with Crippen molar-refractivity contribution in [2.45, 2.75) is 0 Å². The molecule has 2 heterocycles. The molecular weight excluding hydrogens is 725 g/mol. The van der Waals surface area contributed by atoms with Crippen LogP contribution in [0.25, 0.3) is 142 Å².